The number of hydrogen-bond acceptors (Lipinski definition) is 4. The molecule has 0 aliphatic carbocycles. The second kappa shape index (κ2) is 3.96. The van der Waals surface area contributed by atoms with E-state index in [2.05, 4.69) is 9.82 Å². The highest BCUT2D eigenvalue weighted by Crippen LogP contribution is 2.17. The lowest BCUT2D eigenvalue weighted by atomic mass is 10.4. The second-order valence-corrected chi connectivity index (χ2v) is 3.07. The molecular weight excluding hydrogens is 239 g/mol. The number of aromatic nitrogens is 2. The number of alkyl halides is 3. The highest BCUT2D eigenvalue weighted by Gasteiger charge is 2.41. The van der Waals surface area contributed by atoms with E-state index in [-0.39, 0.29) is 5.95 Å². The van der Waals surface area contributed by atoms with Crippen molar-refractivity contribution >= 4 is 17.4 Å². The number of halogens is 3. The van der Waals surface area contributed by atoms with Gasteiger partial charge in [0.05, 0.1) is 11.7 Å². The fourth-order valence-electron chi connectivity index (χ4n) is 1.17. The van der Waals surface area contributed by atoms with E-state index in [1.807, 2.05) is 5.48 Å². The van der Waals surface area contributed by atoms with E-state index in [1.54, 1.807) is 24.4 Å². The predicted molar refractivity (Wildman–Crippen MR) is 51.0 cm³/mol. The minimum atomic E-state index is -5.04. The van der Waals surface area contributed by atoms with Gasteiger partial charge in [-0.2, -0.15) is 18.7 Å². The molecule has 90 valence electrons. The largest absolute Gasteiger partial charge is 0.493 e. The molecule has 2 heterocycles. The molecule has 0 atom stereocenters. The molecule has 2 rings (SSSR count). The van der Waals surface area contributed by atoms with Crippen LogP contribution in [0.25, 0.3) is 5.52 Å². The van der Waals surface area contributed by atoms with Crippen molar-refractivity contribution in [2.45, 2.75) is 6.18 Å². The van der Waals surface area contributed by atoms with Crippen LogP contribution in [0, 0.1) is 0 Å². The molecule has 0 aliphatic rings. The van der Waals surface area contributed by atoms with Gasteiger partial charge >= 0.3 is 12.1 Å². The second-order valence-electron chi connectivity index (χ2n) is 3.07. The van der Waals surface area contributed by atoms with Crippen LogP contribution in [0.2, 0.25) is 0 Å². The lowest BCUT2D eigenvalue weighted by Gasteiger charge is -2.07. The van der Waals surface area contributed by atoms with E-state index in [0.29, 0.717) is 5.52 Å². The number of nitrogens with zero attached hydrogens (tertiary/aromatic N) is 2. The predicted octanol–water partition coefficient (Wildman–Crippen LogP) is 1.77. The maximum Gasteiger partial charge on any atom is 0.493 e. The summed E-state index contributed by atoms with van der Waals surface area (Å²) in [7, 11) is 0. The molecule has 8 heteroatoms. The first-order valence-corrected chi connectivity index (χ1v) is 4.44. The van der Waals surface area contributed by atoms with Crippen LogP contribution < -0.4 is 5.48 Å². The van der Waals surface area contributed by atoms with Crippen molar-refractivity contribution < 1.29 is 22.8 Å². The Balaban J connectivity index is 2.12. The van der Waals surface area contributed by atoms with Crippen molar-refractivity contribution in [3.8, 4) is 0 Å². The Morgan fingerprint density at radius 3 is 2.88 bits per heavy atom. The fourth-order valence-corrected chi connectivity index (χ4v) is 1.17. The SMILES string of the molecule is O=C(ONc1ncc2ccccn12)C(F)(F)F. The zero-order valence-electron chi connectivity index (χ0n) is 8.23. The van der Waals surface area contributed by atoms with Crippen LogP contribution in [-0.4, -0.2) is 21.5 Å². The highest BCUT2D eigenvalue weighted by atomic mass is 19.4. The van der Waals surface area contributed by atoms with Gasteiger partial charge in [0.15, 0.2) is 0 Å². The number of nitrogens with one attached hydrogen (secondary N) is 1. The molecule has 0 amide bonds. The quantitative estimate of drug-likeness (QED) is 0.819. The minimum absolute atomic E-state index is 0.0156. The zero-order valence-corrected chi connectivity index (χ0v) is 8.23. The Hall–Kier alpha value is -2.25. The summed E-state index contributed by atoms with van der Waals surface area (Å²) in [5.41, 5.74) is 2.51. The molecule has 0 unspecified atom stereocenters. The Kier molecular flexibility index (Phi) is 2.62. The molecule has 2 aromatic rings. The summed E-state index contributed by atoms with van der Waals surface area (Å²) in [5.74, 6) is -2.34. The van der Waals surface area contributed by atoms with Crippen molar-refractivity contribution in [3.05, 3.63) is 30.6 Å². The molecule has 0 fully saturated rings. The third-order valence-corrected chi connectivity index (χ3v) is 1.91. The van der Waals surface area contributed by atoms with Crippen LogP contribution in [-0.2, 0) is 9.63 Å². The van der Waals surface area contributed by atoms with Crippen molar-refractivity contribution in [2.24, 2.45) is 0 Å². The van der Waals surface area contributed by atoms with Gasteiger partial charge in [0.1, 0.15) is 0 Å². The van der Waals surface area contributed by atoms with Crippen molar-refractivity contribution in [3.63, 3.8) is 0 Å². The summed E-state index contributed by atoms with van der Waals surface area (Å²) in [6, 6.07) is 5.09. The van der Waals surface area contributed by atoms with Crippen LogP contribution in [0.1, 0.15) is 0 Å². The van der Waals surface area contributed by atoms with Crippen molar-refractivity contribution in [1.29, 1.82) is 0 Å². The molecule has 0 aromatic carbocycles. The fraction of sp³-hybridized carbons (Fsp3) is 0.111. The van der Waals surface area contributed by atoms with Crippen molar-refractivity contribution in [2.75, 3.05) is 5.48 Å². The lowest BCUT2D eigenvalue weighted by molar-refractivity contribution is -0.196. The van der Waals surface area contributed by atoms with Gasteiger partial charge < -0.3 is 4.84 Å². The van der Waals surface area contributed by atoms with Gasteiger partial charge in [0, 0.05) is 6.20 Å². The maximum absolute atomic E-state index is 11.8. The smallest absolute Gasteiger partial charge is 0.332 e. The van der Waals surface area contributed by atoms with Crippen LogP contribution >= 0.6 is 0 Å². The average Bonchev–Trinajstić information content (AvgIpc) is 2.68. The molecule has 17 heavy (non-hydrogen) atoms. The first kappa shape index (κ1) is 11.2. The molecule has 5 nitrogen and oxygen atoms in total. The summed E-state index contributed by atoms with van der Waals surface area (Å²) in [5, 5.41) is 0. The van der Waals surface area contributed by atoms with E-state index in [9.17, 15) is 18.0 Å². The lowest BCUT2D eigenvalue weighted by Crippen LogP contribution is -2.27. The van der Waals surface area contributed by atoms with Crippen LogP contribution in [0.4, 0.5) is 19.1 Å². The average molecular weight is 245 g/mol. The zero-order chi connectivity index (χ0) is 12.5. The van der Waals surface area contributed by atoms with Crippen molar-refractivity contribution in [1.82, 2.24) is 9.38 Å². The molecule has 0 saturated carbocycles. The van der Waals surface area contributed by atoms with Gasteiger partial charge in [0.2, 0.25) is 5.95 Å². The van der Waals surface area contributed by atoms with Crippen LogP contribution in [0.5, 0.6) is 0 Å². The summed E-state index contributed by atoms with van der Waals surface area (Å²) >= 11 is 0. The van der Waals surface area contributed by atoms with Crippen LogP contribution in [0.3, 0.4) is 0 Å². The Labute approximate surface area is 92.8 Å². The summed E-state index contributed by atoms with van der Waals surface area (Å²) in [4.78, 5) is 18.1. The van der Waals surface area contributed by atoms with E-state index in [1.165, 1.54) is 10.6 Å². The molecule has 2 aromatic heterocycles. The Morgan fingerprint density at radius 2 is 2.18 bits per heavy atom. The number of carbonyl (C=O) groups excluding carboxylic acids is 1. The molecule has 1 N–H and O–H groups in total. The first-order chi connectivity index (χ1) is 7.98. The molecule has 0 bridgehead atoms. The number of anilines is 1. The molecule has 0 saturated heterocycles. The normalized spacial score (nSPS) is 11.5. The number of imidazole rings is 1. The summed E-state index contributed by atoms with van der Waals surface area (Å²) in [6.07, 6.45) is -2.06. The third-order valence-electron chi connectivity index (χ3n) is 1.91. The van der Waals surface area contributed by atoms with Crippen LogP contribution in [0.15, 0.2) is 30.6 Å². The molecule has 0 spiro atoms. The van der Waals surface area contributed by atoms with Gasteiger partial charge in [-0.05, 0) is 12.1 Å². The Morgan fingerprint density at radius 1 is 1.41 bits per heavy atom. The molecular formula is C9H6F3N3O2. The summed E-state index contributed by atoms with van der Waals surface area (Å²) in [6.45, 7) is 0. The number of rotatable bonds is 2. The number of pyridine rings is 1. The van der Waals surface area contributed by atoms with Gasteiger partial charge in [-0.3, -0.25) is 4.40 Å². The monoisotopic (exact) mass is 245 g/mol. The number of hydrogen-bond donors (Lipinski definition) is 1. The number of fused-ring (bicyclic) bond motifs is 1. The third kappa shape index (κ3) is 2.30. The van der Waals surface area contributed by atoms with Gasteiger partial charge in [0.25, 0.3) is 0 Å². The maximum atomic E-state index is 11.8. The minimum Gasteiger partial charge on any atom is -0.332 e. The number of carbonyl (C=O) groups is 1. The van der Waals surface area contributed by atoms with Gasteiger partial charge in [-0.1, -0.05) is 6.07 Å². The van der Waals surface area contributed by atoms with E-state index in [4.69, 9.17) is 0 Å². The Bertz CT molecular complexity index is 550. The van der Waals surface area contributed by atoms with E-state index < -0.39 is 12.1 Å². The molecule has 0 aliphatic heterocycles. The van der Waals surface area contributed by atoms with E-state index in [0.717, 1.165) is 0 Å². The van der Waals surface area contributed by atoms with Gasteiger partial charge in [-0.25, -0.2) is 9.78 Å². The highest BCUT2D eigenvalue weighted by molar-refractivity contribution is 5.76. The van der Waals surface area contributed by atoms with E-state index >= 15 is 0 Å². The summed E-state index contributed by atoms with van der Waals surface area (Å²) < 4.78 is 37.0. The molecule has 0 radical (unpaired) electrons. The topological polar surface area (TPSA) is 55.6 Å². The van der Waals surface area contributed by atoms with Gasteiger partial charge in [-0.15, -0.1) is 0 Å². The standard InChI is InChI=1S/C9H6F3N3O2/c10-9(11,12)7(16)17-14-8-13-5-6-3-1-2-4-15(6)8/h1-5H,(H,13,14). The first-order valence-electron chi connectivity index (χ1n) is 4.44.